The maximum absolute atomic E-state index is 12.2. The lowest BCUT2D eigenvalue weighted by Crippen LogP contribution is -2.59. The van der Waals surface area contributed by atoms with E-state index in [1.165, 1.54) is 4.90 Å². The summed E-state index contributed by atoms with van der Waals surface area (Å²) in [6, 6.07) is 1.23. The molecule has 7 nitrogen and oxygen atoms in total. The number of rotatable bonds is 2. The van der Waals surface area contributed by atoms with Crippen LogP contribution in [-0.4, -0.2) is 45.0 Å². The summed E-state index contributed by atoms with van der Waals surface area (Å²) in [5.41, 5.74) is 1.69. The molecule has 1 aliphatic rings. The number of piperazine rings is 1. The van der Waals surface area contributed by atoms with Crippen molar-refractivity contribution in [1.29, 1.82) is 0 Å². The van der Waals surface area contributed by atoms with Gasteiger partial charge in [0.15, 0.2) is 0 Å². The number of nitrogens with one attached hydrogen (secondary N) is 1. The van der Waals surface area contributed by atoms with E-state index in [0.29, 0.717) is 0 Å². The summed E-state index contributed by atoms with van der Waals surface area (Å²) >= 11 is 0. The molecule has 1 unspecified atom stereocenters. The van der Waals surface area contributed by atoms with Crippen LogP contribution in [0.2, 0.25) is 0 Å². The average molecular weight is 264 g/mol. The quantitative estimate of drug-likeness (QED) is 0.721. The predicted octanol–water partition coefficient (Wildman–Crippen LogP) is -0.627. The highest BCUT2D eigenvalue weighted by Crippen LogP contribution is 2.08. The molecule has 1 N–H and O–H groups in total. The van der Waals surface area contributed by atoms with E-state index in [-0.39, 0.29) is 19.0 Å². The van der Waals surface area contributed by atoms with Gasteiger partial charge in [0.25, 0.3) is 0 Å². The van der Waals surface area contributed by atoms with Gasteiger partial charge < -0.3 is 4.90 Å². The summed E-state index contributed by atoms with van der Waals surface area (Å²) < 4.78 is 1.57. The molecule has 2 heterocycles. The third-order valence-corrected chi connectivity index (χ3v) is 3.13. The summed E-state index contributed by atoms with van der Waals surface area (Å²) in [5.74, 6) is -1.19. The lowest BCUT2D eigenvalue weighted by atomic mass is 10.2. The molecule has 1 aromatic rings. The van der Waals surface area contributed by atoms with E-state index >= 15 is 0 Å². The normalized spacial score (nSPS) is 19.5. The van der Waals surface area contributed by atoms with E-state index in [9.17, 15) is 14.4 Å². The first kappa shape index (κ1) is 13.3. The van der Waals surface area contributed by atoms with E-state index < -0.39 is 17.9 Å². The molecule has 2 rings (SSSR count). The van der Waals surface area contributed by atoms with Crippen LogP contribution in [0.15, 0.2) is 6.07 Å². The summed E-state index contributed by atoms with van der Waals surface area (Å²) in [4.78, 5) is 36.2. The second-order valence-corrected chi connectivity index (χ2v) is 4.69. The van der Waals surface area contributed by atoms with Crippen molar-refractivity contribution in [2.24, 2.45) is 0 Å². The Morgan fingerprint density at radius 1 is 1.47 bits per heavy atom. The summed E-state index contributed by atoms with van der Waals surface area (Å²) in [5, 5.41) is 6.39. The zero-order valence-corrected chi connectivity index (χ0v) is 11.1. The molecule has 1 saturated heterocycles. The predicted molar refractivity (Wildman–Crippen MR) is 66.0 cm³/mol. The SMILES string of the molecule is Cc1cc(C)n(CC(=O)N2CC(=O)NC(=O)C2C)n1. The smallest absolute Gasteiger partial charge is 0.249 e. The fraction of sp³-hybridized carbons (Fsp3) is 0.500. The molecule has 19 heavy (non-hydrogen) atoms. The van der Waals surface area contributed by atoms with Gasteiger partial charge in [0, 0.05) is 5.69 Å². The molecule has 7 heteroatoms. The van der Waals surface area contributed by atoms with Gasteiger partial charge in [-0.15, -0.1) is 0 Å². The molecule has 0 saturated carbocycles. The molecule has 0 bridgehead atoms. The zero-order chi connectivity index (χ0) is 14.2. The van der Waals surface area contributed by atoms with Crippen LogP contribution in [-0.2, 0) is 20.9 Å². The van der Waals surface area contributed by atoms with Gasteiger partial charge >= 0.3 is 0 Å². The topological polar surface area (TPSA) is 84.3 Å². The van der Waals surface area contributed by atoms with Gasteiger partial charge in [0.2, 0.25) is 17.7 Å². The molecule has 1 aliphatic heterocycles. The molecule has 1 atom stereocenters. The minimum atomic E-state index is -0.637. The molecule has 0 radical (unpaired) electrons. The minimum Gasteiger partial charge on any atom is -0.320 e. The highest BCUT2D eigenvalue weighted by Gasteiger charge is 2.33. The first-order chi connectivity index (χ1) is 8.88. The molecular weight excluding hydrogens is 248 g/mol. The van der Waals surface area contributed by atoms with E-state index in [0.717, 1.165) is 11.4 Å². The van der Waals surface area contributed by atoms with Gasteiger partial charge in [-0.2, -0.15) is 5.10 Å². The van der Waals surface area contributed by atoms with Crippen molar-refractivity contribution < 1.29 is 14.4 Å². The summed E-state index contributed by atoms with van der Waals surface area (Å²) in [6.45, 7) is 5.23. The van der Waals surface area contributed by atoms with E-state index in [4.69, 9.17) is 0 Å². The van der Waals surface area contributed by atoms with Crippen LogP contribution in [0.3, 0.4) is 0 Å². The Balaban J connectivity index is 2.13. The Kier molecular flexibility index (Phi) is 3.37. The first-order valence-electron chi connectivity index (χ1n) is 6.02. The van der Waals surface area contributed by atoms with Crippen LogP contribution in [0.5, 0.6) is 0 Å². The van der Waals surface area contributed by atoms with Crippen LogP contribution < -0.4 is 5.32 Å². The number of hydrogen-bond acceptors (Lipinski definition) is 4. The maximum atomic E-state index is 12.2. The van der Waals surface area contributed by atoms with E-state index in [1.807, 2.05) is 19.9 Å². The second kappa shape index (κ2) is 4.83. The van der Waals surface area contributed by atoms with Gasteiger partial charge in [0.05, 0.1) is 5.69 Å². The largest absolute Gasteiger partial charge is 0.320 e. The number of hydrogen-bond donors (Lipinski definition) is 1. The highest BCUT2D eigenvalue weighted by molar-refractivity contribution is 6.04. The van der Waals surface area contributed by atoms with E-state index in [1.54, 1.807) is 11.6 Å². The van der Waals surface area contributed by atoms with E-state index in [2.05, 4.69) is 10.4 Å². The Hall–Kier alpha value is -2.18. The highest BCUT2D eigenvalue weighted by atomic mass is 16.2. The number of imide groups is 1. The zero-order valence-electron chi connectivity index (χ0n) is 11.1. The van der Waals surface area contributed by atoms with Crippen LogP contribution in [0.4, 0.5) is 0 Å². The summed E-state index contributed by atoms with van der Waals surface area (Å²) in [7, 11) is 0. The molecule has 1 aromatic heterocycles. The lowest BCUT2D eigenvalue weighted by molar-refractivity contribution is -0.149. The fourth-order valence-corrected chi connectivity index (χ4v) is 2.07. The molecule has 1 fully saturated rings. The van der Waals surface area contributed by atoms with Crippen molar-refractivity contribution >= 4 is 17.7 Å². The van der Waals surface area contributed by atoms with Crippen LogP contribution in [0, 0.1) is 13.8 Å². The lowest BCUT2D eigenvalue weighted by Gasteiger charge is -2.31. The number of amides is 3. The molecule has 0 aliphatic carbocycles. The van der Waals surface area contributed by atoms with Crippen molar-refractivity contribution in [3.63, 3.8) is 0 Å². The van der Waals surface area contributed by atoms with Crippen molar-refractivity contribution in [2.75, 3.05) is 6.54 Å². The maximum Gasteiger partial charge on any atom is 0.249 e. The Labute approximate surface area is 110 Å². The van der Waals surface area contributed by atoms with Crippen molar-refractivity contribution in [3.8, 4) is 0 Å². The van der Waals surface area contributed by atoms with Gasteiger partial charge in [-0.05, 0) is 26.8 Å². The molecular formula is C12H16N4O3. The average Bonchev–Trinajstić information content (AvgIpc) is 2.62. The standard InChI is InChI=1S/C12H16N4O3/c1-7-4-8(2)16(14-7)6-11(18)15-5-10(17)13-12(19)9(15)3/h4,9H,5-6H2,1-3H3,(H,13,17,19). The van der Waals surface area contributed by atoms with Crippen LogP contribution >= 0.6 is 0 Å². The van der Waals surface area contributed by atoms with Gasteiger partial charge in [-0.3, -0.25) is 24.4 Å². The number of aromatic nitrogens is 2. The third-order valence-electron chi connectivity index (χ3n) is 3.13. The number of carbonyl (C=O) groups is 3. The number of aryl methyl sites for hydroxylation is 2. The third kappa shape index (κ3) is 2.64. The number of carbonyl (C=O) groups excluding carboxylic acids is 3. The Morgan fingerprint density at radius 2 is 2.16 bits per heavy atom. The van der Waals surface area contributed by atoms with Gasteiger partial charge in [0.1, 0.15) is 19.1 Å². The van der Waals surface area contributed by atoms with Crippen molar-refractivity contribution in [1.82, 2.24) is 20.0 Å². The van der Waals surface area contributed by atoms with Crippen molar-refractivity contribution in [3.05, 3.63) is 17.5 Å². The number of nitrogens with zero attached hydrogens (tertiary/aromatic N) is 3. The molecule has 0 spiro atoms. The molecule has 102 valence electrons. The molecule has 0 aromatic carbocycles. The summed E-state index contributed by atoms with van der Waals surface area (Å²) in [6.07, 6.45) is 0. The van der Waals surface area contributed by atoms with Crippen LogP contribution in [0.25, 0.3) is 0 Å². The molecule has 3 amide bonds. The Bertz CT molecular complexity index is 549. The Morgan fingerprint density at radius 3 is 2.74 bits per heavy atom. The van der Waals surface area contributed by atoms with Crippen LogP contribution in [0.1, 0.15) is 18.3 Å². The fourth-order valence-electron chi connectivity index (χ4n) is 2.07. The first-order valence-corrected chi connectivity index (χ1v) is 6.02. The van der Waals surface area contributed by atoms with Gasteiger partial charge in [-0.1, -0.05) is 0 Å². The van der Waals surface area contributed by atoms with Crippen molar-refractivity contribution in [2.45, 2.75) is 33.4 Å². The minimum absolute atomic E-state index is 0.0323. The van der Waals surface area contributed by atoms with Gasteiger partial charge in [-0.25, -0.2) is 0 Å². The monoisotopic (exact) mass is 264 g/mol. The second-order valence-electron chi connectivity index (χ2n) is 4.69.